The predicted octanol–water partition coefficient (Wildman–Crippen LogP) is 4.90. The molecule has 1 N–H and O–H groups in total. The van der Waals surface area contributed by atoms with E-state index in [9.17, 15) is 4.79 Å². The molecule has 1 aromatic carbocycles. The third-order valence-electron chi connectivity index (χ3n) is 5.72. The van der Waals surface area contributed by atoms with Crippen molar-refractivity contribution in [3.63, 3.8) is 0 Å². The van der Waals surface area contributed by atoms with E-state index < -0.39 is 0 Å². The molecule has 2 unspecified atom stereocenters. The van der Waals surface area contributed by atoms with E-state index in [4.69, 9.17) is 9.26 Å². The molecule has 0 saturated heterocycles. The second kappa shape index (κ2) is 8.26. The van der Waals surface area contributed by atoms with Crippen molar-refractivity contribution in [1.82, 2.24) is 5.16 Å². The highest BCUT2D eigenvalue weighted by atomic mass is 16.5. The van der Waals surface area contributed by atoms with Crippen LogP contribution in [0.1, 0.15) is 72.8 Å². The number of fused-ring (bicyclic) bond motifs is 1. The van der Waals surface area contributed by atoms with Gasteiger partial charge >= 0.3 is 0 Å². The number of rotatable bonds is 5. The van der Waals surface area contributed by atoms with Crippen LogP contribution in [-0.4, -0.2) is 17.2 Å². The Morgan fingerprint density at radius 2 is 2.15 bits per heavy atom. The Morgan fingerprint density at radius 3 is 3.04 bits per heavy atom. The van der Waals surface area contributed by atoms with Crippen molar-refractivity contribution >= 4 is 11.6 Å². The molecule has 2 atom stereocenters. The van der Waals surface area contributed by atoms with Crippen LogP contribution in [0.25, 0.3) is 0 Å². The molecule has 2 aromatic rings. The number of hydrogen-bond acceptors (Lipinski definition) is 4. The van der Waals surface area contributed by atoms with Crippen molar-refractivity contribution in [3.8, 4) is 0 Å². The number of hydrogen-bond donors (Lipinski definition) is 1. The molecule has 1 aromatic heterocycles. The van der Waals surface area contributed by atoms with Gasteiger partial charge < -0.3 is 14.6 Å². The Hall–Kier alpha value is -2.14. The number of nitrogens with one attached hydrogen (secondary N) is 1. The van der Waals surface area contributed by atoms with Crippen LogP contribution in [0.15, 0.2) is 28.8 Å². The molecule has 1 heterocycles. The Balaban J connectivity index is 1.37. The average molecular weight is 368 g/mol. The van der Waals surface area contributed by atoms with Gasteiger partial charge in [0.2, 0.25) is 0 Å². The zero-order valence-corrected chi connectivity index (χ0v) is 16.0. The second-order valence-electron chi connectivity index (χ2n) is 8.00. The lowest BCUT2D eigenvalue weighted by Crippen LogP contribution is -2.21. The first-order valence-corrected chi connectivity index (χ1v) is 10.2. The lowest BCUT2D eigenvalue weighted by molar-refractivity contribution is 0.00468. The van der Waals surface area contributed by atoms with E-state index in [0.717, 1.165) is 67.0 Å². The second-order valence-corrected chi connectivity index (χ2v) is 8.00. The quantitative estimate of drug-likeness (QED) is 0.815. The number of anilines is 1. The average Bonchev–Trinajstić information content (AvgIpc) is 3.11. The normalized spacial score (nSPS) is 22.3. The van der Waals surface area contributed by atoms with Crippen molar-refractivity contribution in [3.05, 3.63) is 46.8 Å². The van der Waals surface area contributed by atoms with Crippen molar-refractivity contribution in [2.45, 2.75) is 71.0 Å². The number of carbonyl (C=O) groups is 1. The third kappa shape index (κ3) is 4.41. The van der Waals surface area contributed by atoms with Crippen LogP contribution in [0.2, 0.25) is 0 Å². The summed E-state index contributed by atoms with van der Waals surface area (Å²) in [6, 6.07) is 7.88. The summed E-state index contributed by atoms with van der Waals surface area (Å²) >= 11 is 0. The highest BCUT2D eigenvalue weighted by Crippen LogP contribution is 2.27. The fourth-order valence-electron chi connectivity index (χ4n) is 4.24. The van der Waals surface area contributed by atoms with E-state index in [1.54, 1.807) is 0 Å². The molecule has 0 spiro atoms. The molecule has 0 aliphatic heterocycles. The van der Waals surface area contributed by atoms with Gasteiger partial charge in [-0.3, -0.25) is 4.79 Å². The van der Waals surface area contributed by atoms with Crippen molar-refractivity contribution in [1.29, 1.82) is 0 Å². The van der Waals surface area contributed by atoms with Gasteiger partial charge in [-0.1, -0.05) is 37.1 Å². The Labute approximate surface area is 160 Å². The number of ether oxygens (including phenoxy) is 1. The molecule has 5 nitrogen and oxygen atoms in total. The largest absolute Gasteiger partial charge is 0.374 e. The minimum Gasteiger partial charge on any atom is -0.374 e. The minimum atomic E-state index is -0.193. The van der Waals surface area contributed by atoms with Crippen LogP contribution in [0.3, 0.4) is 0 Å². The molecule has 27 heavy (non-hydrogen) atoms. The van der Waals surface area contributed by atoms with Gasteiger partial charge in [0.05, 0.1) is 12.7 Å². The zero-order chi connectivity index (χ0) is 18.6. The van der Waals surface area contributed by atoms with Crippen LogP contribution in [-0.2, 0) is 24.2 Å². The van der Waals surface area contributed by atoms with Gasteiger partial charge in [0.15, 0.2) is 5.69 Å². The van der Waals surface area contributed by atoms with Gasteiger partial charge in [-0.05, 0) is 55.7 Å². The highest BCUT2D eigenvalue weighted by molar-refractivity contribution is 6.04. The van der Waals surface area contributed by atoms with Gasteiger partial charge in [-0.2, -0.15) is 0 Å². The van der Waals surface area contributed by atoms with E-state index in [2.05, 4.69) is 17.4 Å². The van der Waals surface area contributed by atoms with Crippen LogP contribution < -0.4 is 5.32 Å². The van der Waals surface area contributed by atoms with Gasteiger partial charge in [-0.15, -0.1) is 0 Å². The number of aryl methyl sites for hydroxylation is 1. The number of amides is 1. The summed E-state index contributed by atoms with van der Waals surface area (Å²) in [4.78, 5) is 12.6. The Kier molecular flexibility index (Phi) is 5.58. The van der Waals surface area contributed by atoms with Gasteiger partial charge in [0.25, 0.3) is 5.91 Å². The van der Waals surface area contributed by atoms with Crippen molar-refractivity contribution in [2.75, 3.05) is 5.32 Å². The molecule has 2 aliphatic rings. The van der Waals surface area contributed by atoms with Crippen LogP contribution in [0.5, 0.6) is 0 Å². The SMILES string of the molecule is CC1CCCC(OCc2cccc(NC(=O)c3noc4c3CCCC4)c2)C1. The number of aromatic nitrogens is 1. The van der Waals surface area contributed by atoms with Gasteiger partial charge in [-0.25, -0.2) is 0 Å². The first-order valence-electron chi connectivity index (χ1n) is 10.2. The van der Waals surface area contributed by atoms with E-state index in [0.29, 0.717) is 18.4 Å². The molecule has 144 valence electrons. The molecule has 4 rings (SSSR count). The number of carbonyl (C=O) groups excluding carboxylic acids is 1. The smallest absolute Gasteiger partial charge is 0.278 e. The molecule has 1 amide bonds. The van der Waals surface area contributed by atoms with Crippen molar-refractivity contribution in [2.24, 2.45) is 5.92 Å². The zero-order valence-electron chi connectivity index (χ0n) is 16.0. The maximum atomic E-state index is 12.6. The molecule has 0 bridgehead atoms. The van der Waals surface area contributed by atoms with Gasteiger partial charge in [0.1, 0.15) is 5.76 Å². The predicted molar refractivity (Wildman–Crippen MR) is 104 cm³/mol. The summed E-state index contributed by atoms with van der Waals surface area (Å²) in [7, 11) is 0. The van der Waals surface area contributed by atoms with Crippen LogP contribution in [0.4, 0.5) is 5.69 Å². The maximum Gasteiger partial charge on any atom is 0.278 e. The van der Waals surface area contributed by atoms with E-state index in [1.807, 2.05) is 24.3 Å². The third-order valence-corrected chi connectivity index (χ3v) is 5.72. The molecule has 5 heteroatoms. The molecule has 2 aliphatic carbocycles. The Morgan fingerprint density at radius 1 is 1.26 bits per heavy atom. The topological polar surface area (TPSA) is 64.4 Å². The fourth-order valence-corrected chi connectivity index (χ4v) is 4.24. The van der Waals surface area contributed by atoms with E-state index in [-0.39, 0.29) is 5.91 Å². The lowest BCUT2D eigenvalue weighted by Gasteiger charge is -2.26. The van der Waals surface area contributed by atoms with Crippen LogP contribution in [0, 0.1) is 5.92 Å². The summed E-state index contributed by atoms with van der Waals surface area (Å²) in [5.74, 6) is 1.43. The molecule has 1 fully saturated rings. The van der Waals surface area contributed by atoms with Gasteiger partial charge in [0, 0.05) is 17.7 Å². The van der Waals surface area contributed by atoms with Crippen molar-refractivity contribution < 1.29 is 14.1 Å². The molecular weight excluding hydrogens is 340 g/mol. The highest BCUT2D eigenvalue weighted by Gasteiger charge is 2.24. The molecular formula is C22H28N2O3. The summed E-state index contributed by atoms with van der Waals surface area (Å²) in [6.45, 7) is 2.88. The first kappa shape index (κ1) is 18.2. The Bertz CT molecular complexity index is 799. The summed E-state index contributed by atoms with van der Waals surface area (Å²) < 4.78 is 11.5. The summed E-state index contributed by atoms with van der Waals surface area (Å²) in [5.41, 5.74) is 3.26. The number of benzene rings is 1. The minimum absolute atomic E-state index is 0.193. The monoisotopic (exact) mass is 368 g/mol. The van der Waals surface area contributed by atoms with E-state index in [1.165, 1.54) is 12.8 Å². The first-order chi connectivity index (χ1) is 13.2. The standard InChI is InChI=1S/C22H28N2O3/c1-15-6-4-9-18(12-15)26-14-16-7-5-8-17(13-16)23-22(25)21-19-10-2-3-11-20(19)27-24-21/h5,7-8,13,15,18H,2-4,6,9-12,14H2,1H3,(H,23,25). The lowest BCUT2D eigenvalue weighted by atomic mass is 9.89. The summed E-state index contributed by atoms with van der Waals surface area (Å²) in [6.07, 6.45) is 9.15. The maximum absolute atomic E-state index is 12.6. The fraction of sp³-hybridized carbons (Fsp3) is 0.545. The van der Waals surface area contributed by atoms with Crippen LogP contribution >= 0.6 is 0 Å². The van der Waals surface area contributed by atoms with E-state index >= 15 is 0 Å². The summed E-state index contributed by atoms with van der Waals surface area (Å²) in [5, 5.41) is 6.97. The molecule has 0 radical (unpaired) electrons. The molecule has 1 saturated carbocycles. The number of nitrogens with zero attached hydrogens (tertiary/aromatic N) is 1.